The van der Waals surface area contributed by atoms with Crippen molar-refractivity contribution in [1.29, 1.82) is 0 Å². The van der Waals surface area contributed by atoms with E-state index in [0.717, 1.165) is 0 Å². The standard InChI is InChI=1S/C12H15NO5/c1-7-9(6-14)18-12(11(7)17-2)13-4-3-8(15)5-10(13)16/h3-4,6-7,9,11-12H,5H2,1-2H3/t7-,9-,11-,12-/m1/s1. The Morgan fingerprint density at radius 3 is 2.78 bits per heavy atom. The SMILES string of the molecule is CO[C@@H]1[C@H](C)[C@@H](C=O)O[C@H]1N1C=CC(=O)CC1=O. The van der Waals surface area contributed by atoms with E-state index in [1.807, 2.05) is 6.92 Å². The van der Waals surface area contributed by atoms with Gasteiger partial charge in [0, 0.05) is 19.2 Å². The Hall–Kier alpha value is -1.53. The lowest BCUT2D eigenvalue weighted by atomic mass is 10.0. The first-order chi connectivity index (χ1) is 8.58. The number of ketones is 1. The summed E-state index contributed by atoms with van der Waals surface area (Å²) in [4.78, 5) is 35.1. The number of amides is 1. The van der Waals surface area contributed by atoms with Crippen LogP contribution in [-0.4, -0.2) is 48.4 Å². The van der Waals surface area contributed by atoms with E-state index in [1.165, 1.54) is 24.3 Å². The molecule has 0 unspecified atom stereocenters. The molecule has 0 radical (unpaired) electrons. The van der Waals surface area contributed by atoms with Crippen LogP contribution in [0.1, 0.15) is 13.3 Å². The van der Waals surface area contributed by atoms with Gasteiger partial charge in [0.1, 0.15) is 18.5 Å². The molecule has 0 N–H and O–H groups in total. The zero-order valence-corrected chi connectivity index (χ0v) is 10.2. The second kappa shape index (κ2) is 4.99. The molecule has 1 saturated heterocycles. The number of methoxy groups -OCH3 is 1. The van der Waals surface area contributed by atoms with E-state index in [4.69, 9.17) is 9.47 Å². The summed E-state index contributed by atoms with van der Waals surface area (Å²) in [5.74, 6) is -0.715. The molecule has 0 saturated carbocycles. The normalized spacial score (nSPS) is 36.2. The second-order valence-corrected chi connectivity index (χ2v) is 4.45. The highest BCUT2D eigenvalue weighted by Crippen LogP contribution is 2.31. The average molecular weight is 253 g/mol. The number of allylic oxidation sites excluding steroid dienone is 1. The van der Waals surface area contributed by atoms with Crippen molar-refractivity contribution in [3.63, 3.8) is 0 Å². The van der Waals surface area contributed by atoms with Gasteiger partial charge in [-0.25, -0.2) is 0 Å². The number of nitrogens with zero attached hydrogens (tertiary/aromatic N) is 1. The van der Waals surface area contributed by atoms with E-state index in [-0.39, 0.29) is 30.1 Å². The zero-order valence-electron chi connectivity index (χ0n) is 10.2. The van der Waals surface area contributed by atoms with Crippen molar-refractivity contribution in [2.75, 3.05) is 7.11 Å². The molecule has 0 spiro atoms. The van der Waals surface area contributed by atoms with E-state index in [0.29, 0.717) is 6.29 Å². The van der Waals surface area contributed by atoms with Crippen molar-refractivity contribution in [3.8, 4) is 0 Å². The summed E-state index contributed by atoms with van der Waals surface area (Å²) in [6, 6.07) is 0. The number of rotatable bonds is 3. The number of hydrogen-bond donors (Lipinski definition) is 0. The van der Waals surface area contributed by atoms with Gasteiger partial charge in [-0.3, -0.25) is 14.5 Å². The molecular weight excluding hydrogens is 238 g/mol. The van der Waals surface area contributed by atoms with E-state index in [2.05, 4.69) is 0 Å². The van der Waals surface area contributed by atoms with Crippen LogP contribution in [0.15, 0.2) is 12.3 Å². The fourth-order valence-corrected chi connectivity index (χ4v) is 2.29. The summed E-state index contributed by atoms with van der Waals surface area (Å²) in [6.45, 7) is 1.83. The predicted octanol–water partition coefficient (Wildman–Crippen LogP) is -0.124. The second-order valence-electron chi connectivity index (χ2n) is 4.45. The van der Waals surface area contributed by atoms with Crippen LogP contribution in [0.2, 0.25) is 0 Å². The molecule has 0 aliphatic carbocycles. The molecule has 0 aromatic carbocycles. The quantitative estimate of drug-likeness (QED) is 0.517. The first-order valence-corrected chi connectivity index (χ1v) is 5.74. The maximum absolute atomic E-state index is 11.8. The van der Waals surface area contributed by atoms with Crippen molar-refractivity contribution in [1.82, 2.24) is 4.90 Å². The molecule has 4 atom stereocenters. The molecule has 1 fully saturated rings. The highest BCUT2D eigenvalue weighted by molar-refractivity contribution is 6.06. The van der Waals surface area contributed by atoms with Gasteiger partial charge in [-0.2, -0.15) is 0 Å². The summed E-state index contributed by atoms with van der Waals surface area (Å²) in [5.41, 5.74) is 0. The fourth-order valence-electron chi connectivity index (χ4n) is 2.29. The number of aldehydes is 1. The van der Waals surface area contributed by atoms with E-state index in [9.17, 15) is 14.4 Å². The first kappa shape index (κ1) is 12.9. The van der Waals surface area contributed by atoms with Gasteiger partial charge in [0.15, 0.2) is 12.0 Å². The molecule has 0 bridgehead atoms. The number of ether oxygens (including phenoxy) is 2. The van der Waals surface area contributed by atoms with Gasteiger partial charge in [-0.15, -0.1) is 0 Å². The Kier molecular flexibility index (Phi) is 3.58. The van der Waals surface area contributed by atoms with E-state index in [1.54, 1.807) is 0 Å². The van der Waals surface area contributed by atoms with Gasteiger partial charge in [-0.1, -0.05) is 6.92 Å². The first-order valence-electron chi connectivity index (χ1n) is 5.74. The van der Waals surface area contributed by atoms with Gasteiger partial charge in [0.2, 0.25) is 5.91 Å². The largest absolute Gasteiger partial charge is 0.376 e. The van der Waals surface area contributed by atoms with Crippen LogP contribution in [0.4, 0.5) is 0 Å². The molecule has 2 aliphatic heterocycles. The summed E-state index contributed by atoms with van der Waals surface area (Å²) in [6.07, 6.45) is 1.62. The lowest BCUT2D eigenvalue weighted by Gasteiger charge is -2.30. The highest BCUT2D eigenvalue weighted by atomic mass is 16.6. The third-order valence-electron chi connectivity index (χ3n) is 3.33. The van der Waals surface area contributed by atoms with Crippen molar-refractivity contribution >= 4 is 18.0 Å². The molecule has 2 aliphatic rings. The smallest absolute Gasteiger partial charge is 0.236 e. The Labute approximate surface area is 105 Å². The third-order valence-corrected chi connectivity index (χ3v) is 3.33. The molecule has 18 heavy (non-hydrogen) atoms. The lowest BCUT2D eigenvalue weighted by molar-refractivity contribution is -0.150. The van der Waals surface area contributed by atoms with Crippen LogP contribution in [0, 0.1) is 5.92 Å². The molecule has 2 heterocycles. The molecule has 6 nitrogen and oxygen atoms in total. The maximum atomic E-state index is 11.8. The van der Waals surface area contributed by atoms with Gasteiger partial charge < -0.3 is 14.3 Å². The van der Waals surface area contributed by atoms with Crippen molar-refractivity contribution in [2.24, 2.45) is 5.92 Å². The fraction of sp³-hybridized carbons (Fsp3) is 0.583. The minimum absolute atomic E-state index is 0.142. The maximum Gasteiger partial charge on any atom is 0.236 e. The highest BCUT2D eigenvalue weighted by Gasteiger charge is 2.46. The molecule has 6 heteroatoms. The average Bonchev–Trinajstić information content (AvgIpc) is 2.65. The van der Waals surface area contributed by atoms with Crippen molar-refractivity contribution < 1.29 is 23.9 Å². The minimum Gasteiger partial charge on any atom is -0.376 e. The van der Waals surface area contributed by atoms with Crippen LogP contribution in [-0.2, 0) is 23.9 Å². The van der Waals surface area contributed by atoms with Crippen molar-refractivity contribution in [3.05, 3.63) is 12.3 Å². The summed E-state index contributed by atoms with van der Waals surface area (Å²) >= 11 is 0. The predicted molar refractivity (Wildman–Crippen MR) is 60.3 cm³/mol. The van der Waals surface area contributed by atoms with Gasteiger partial charge in [0.25, 0.3) is 0 Å². The molecule has 2 rings (SSSR count). The number of carbonyl (C=O) groups is 3. The lowest BCUT2D eigenvalue weighted by Crippen LogP contribution is -2.45. The zero-order chi connectivity index (χ0) is 13.3. The third kappa shape index (κ3) is 2.09. The van der Waals surface area contributed by atoms with Crippen LogP contribution in [0.25, 0.3) is 0 Å². The van der Waals surface area contributed by atoms with Crippen LogP contribution in [0.3, 0.4) is 0 Å². The molecular formula is C12H15NO5. The van der Waals surface area contributed by atoms with E-state index >= 15 is 0 Å². The van der Waals surface area contributed by atoms with Crippen molar-refractivity contribution in [2.45, 2.75) is 31.8 Å². The summed E-state index contributed by atoms with van der Waals surface area (Å²) in [7, 11) is 1.51. The monoisotopic (exact) mass is 253 g/mol. The molecule has 0 aromatic heterocycles. The topological polar surface area (TPSA) is 72.9 Å². The summed E-state index contributed by atoms with van der Waals surface area (Å²) in [5, 5.41) is 0. The number of carbonyl (C=O) groups excluding carboxylic acids is 3. The number of hydrogen-bond acceptors (Lipinski definition) is 5. The van der Waals surface area contributed by atoms with Crippen LogP contribution in [0.5, 0.6) is 0 Å². The Morgan fingerprint density at radius 2 is 2.22 bits per heavy atom. The van der Waals surface area contributed by atoms with Crippen LogP contribution < -0.4 is 0 Å². The van der Waals surface area contributed by atoms with Gasteiger partial charge in [-0.05, 0) is 6.08 Å². The van der Waals surface area contributed by atoms with E-state index < -0.39 is 12.3 Å². The molecule has 98 valence electrons. The Balaban J connectivity index is 2.22. The molecule has 0 aromatic rings. The summed E-state index contributed by atoms with van der Waals surface area (Å²) < 4.78 is 10.8. The Morgan fingerprint density at radius 1 is 1.50 bits per heavy atom. The minimum atomic E-state index is -0.656. The molecule has 1 amide bonds. The Bertz CT molecular complexity index is 405. The van der Waals surface area contributed by atoms with Gasteiger partial charge in [0.05, 0.1) is 6.42 Å². The van der Waals surface area contributed by atoms with Gasteiger partial charge >= 0.3 is 0 Å². The van der Waals surface area contributed by atoms with Crippen LogP contribution >= 0.6 is 0 Å².